The molecule has 7 heteroatoms. The number of hydrogen-bond acceptors (Lipinski definition) is 5. The second-order valence-electron chi connectivity index (χ2n) is 9.58. The highest BCUT2D eigenvalue weighted by molar-refractivity contribution is 6.05. The van der Waals surface area contributed by atoms with Gasteiger partial charge < -0.3 is 9.30 Å². The van der Waals surface area contributed by atoms with Gasteiger partial charge in [0.2, 0.25) is 0 Å². The molecule has 0 amide bonds. The molecule has 2 aliphatic heterocycles. The Morgan fingerprint density at radius 3 is 2.70 bits per heavy atom. The Hall–Kier alpha value is -4.13. The summed E-state index contributed by atoms with van der Waals surface area (Å²) in [4.78, 5) is 9.59. The first-order valence-corrected chi connectivity index (χ1v) is 12.8. The molecule has 188 valence electrons. The molecule has 0 bridgehead atoms. The van der Waals surface area contributed by atoms with Gasteiger partial charge >= 0.3 is 0 Å². The minimum absolute atomic E-state index is 0.167. The number of amidine groups is 1. The highest BCUT2D eigenvalue weighted by atomic mass is 19.1. The Bertz CT molecular complexity index is 1430. The number of rotatable bonds is 5. The number of piperidine rings is 1. The van der Waals surface area contributed by atoms with Crippen molar-refractivity contribution in [3.05, 3.63) is 101 Å². The van der Waals surface area contributed by atoms with Crippen LogP contribution in [0.5, 0.6) is 5.75 Å². The summed E-state index contributed by atoms with van der Waals surface area (Å²) in [5.74, 6) is 1.53. The van der Waals surface area contributed by atoms with E-state index in [4.69, 9.17) is 9.73 Å². The van der Waals surface area contributed by atoms with E-state index in [1.165, 1.54) is 23.3 Å². The SMILES string of the molecule is COc1cc(C=C2CCCN3C2=NC(C2=CCCC=C2)N3c2ccc(F)cc2)ccc1-n1cnc(C)c1. The van der Waals surface area contributed by atoms with Crippen molar-refractivity contribution in [2.45, 2.75) is 38.8 Å². The van der Waals surface area contributed by atoms with Gasteiger partial charge in [-0.25, -0.2) is 14.4 Å². The largest absolute Gasteiger partial charge is 0.495 e. The summed E-state index contributed by atoms with van der Waals surface area (Å²) in [5.41, 5.74) is 6.27. The zero-order valence-electron chi connectivity index (χ0n) is 21.1. The molecule has 1 fully saturated rings. The first kappa shape index (κ1) is 23.3. The second-order valence-corrected chi connectivity index (χ2v) is 9.58. The first-order valence-electron chi connectivity index (χ1n) is 12.8. The molecule has 0 N–H and O–H groups in total. The number of anilines is 1. The van der Waals surface area contributed by atoms with E-state index >= 15 is 0 Å². The Kier molecular flexibility index (Phi) is 6.12. The molecule has 37 heavy (non-hydrogen) atoms. The van der Waals surface area contributed by atoms with Crippen molar-refractivity contribution in [3.63, 3.8) is 0 Å². The molecule has 0 radical (unpaired) electrons. The summed E-state index contributed by atoms with van der Waals surface area (Å²) >= 11 is 0. The van der Waals surface area contributed by atoms with Gasteiger partial charge in [0.05, 0.1) is 30.5 Å². The van der Waals surface area contributed by atoms with Crippen LogP contribution in [-0.2, 0) is 0 Å². The quantitative estimate of drug-likeness (QED) is 0.420. The van der Waals surface area contributed by atoms with E-state index < -0.39 is 0 Å². The number of hydrogen-bond donors (Lipinski definition) is 0. The van der Waals surface area contributed by atoms with Crippen molar-refractivity contribution in [2.24, 2.45) is 4.99 Å². The predicted molar refractivity (Wildman–Crippen MR) is 145 cm³/mol. The molecule has 0 saturated carbocycles. The topological polar surface area (TPSA) is 45.9 Å². The monoisotopic (exact) mass is 495 g/mol. The molecule has 1 aromatic heterocycles. The van der Waals surface area contributed by atoms with Crippen LogP contribution in [0.4, 0.5) is 10.1 Å². The highest BCUT2D eigenvalue weighted by Crippen LogP contribution is 2.37. The molecule has 0 spiro atoms. The van der Waals surface area contributed by atoms with Gasteiger partial charge in [0.1, 0.15) is 17.4 Å². The van der Waals surface area contributed by atoms with Crippen molar-refractivity contribution < 1.29 is 9.13 Å². The zero-order valence-corrected chi connectivity index (χ0v) is 21.1. The average Bonchev–Trinajstić information content (AvgIpc) is 3.54. The van der Waals surface area contributed by atoms with Crippen LogP contribution in [0.3, 0.4) is 0 Å². The lowest BCUT2D eigenvalue weighted by molar-refractivity contribution is 0.371. The van der Waals surface area contributed by atoms with Gasteiger partial charge in [0, 0.05) is 12.7 Å². The summed E-state index contributed by atoms with van der Waals surface area (Å²) < 4.78 is 21.5. The van der Waals surface area contributed by atoms with Crippen molar-refractivity contribution >= 4 is 17.6 Å². The number of benzene rings is 2. The minimum atomic E-state index is -0.236. The molecule has 3 heterocycles. The van der Waals surface area contributed by atoms with Gasteiger partial charge in [-0.3, -0.25) is 10.0 Å². The van der Waals surface area contributed by atoms with Crippen LogP contribution in [0.2, 0.25) is 0 Å². The molecule has 3 aliphatic rings. The van der Waals surface area contributed by atoms with Crippen LogP contribution in [-0.4, -0.2) is 40.2 Å². The number of imidazole rings is 1. The van der Waals surface area contributed by atoms with Crippen molar-refractivity contribution in [1.82, 2.24) is 14.6 Å². The van der Waals surface area contributed by atoms with Gasteiger partial charge in [-0.1, -0.05) is 24.3 Å². The normalized spacial score (nSPS) is 20.2. The molecule has 6 nitrogen and oxygen atoms in total. The Morgan fingerprint density at radius 2 is 1.97 bits per heavy atom. The number of hydrazine groups is 1. The molecule has 6 rings (SSSR count). The summed E-state index contributed by atoms with van der Waals surface area (Å²) in [7, 11) is 1.69. The smallest absolute Gasteiger partial charge is 0.167 e. The summed E-state index contributed by atoms with van der Waals surface area (Å²) in [6.07, 6.45) is 16.5. The molecule has 1 aliphatic carbocycles. The van der Waals surface area contributed by atoms with Crippen LogP contribution < -0.4 is 9.75 Å². The standard InChI is InChI=1S/C30H30FN5O/c1-21-19-34(20-32-21)27-15-10-22(18-28(27)37-2)17-24-9-6-16-35-29(24)33-30(23-7-4-3-5-8-23)36(35)26-13-11-25(31)12-14-26/h4,7-8,10-15,17-20,30H,3,5-6,9,16H2,1-2H3. The Morgan fingerprint density at radius 1 is 1.11 bits per heavy atom. The molecule has 1 saturated heterocycles. The molecular weight excluding hydrogens is 465 g/mol. The minimum Gasteiger partial charge on any atom is -0.495 e. The van der Waals surface area contributed by atoms with Crippen molar-refractivity contribution in [1.29, 1.82) is 0 Å². The lowest BCUT2D eigenvalue weighted by Crippen LogP contribution is -2.48. The molecule has 2 aromatic carbocycles. The predicted octanol–water partition coefficient (Wildman–Crippen LogP) is 6.24. The fraction of sp³-hybridized carbons (Fsp3) is 0.267. The van der Waals surface area contributed by atoms with E-state index in [0.29, 0.717) is 0 Å². The number of halogens is 1. The summed E-state index contributed by atoms with van der Waals surface area (Å²) in [6.45, 7) is 2.84. The van der Waals surface area contributed by atoms with Gasteiger partial charge in [-0.15, -0.1) is 0 Å². The lowest BCUT2D eigenvalue weighted by atomic mass is 10.0. The fourth-order valence-corrected chi connectivity index (χ4v) is 5.27. The van der Waals surface area contributed by atoms with E-state index in [9.17, 15) is 4.39 Å². The van der Waals surface area contributed by atoms with Gasteiger partial charge in [-0.05, 0) is 91.8 Å². The second kappa shape index (κ2) is 9.73. The van der Waals surface area contributed by atoms with Crippen LogP contribution >= 0.6 is 0 Å². The van der Waals surface area contributed by atoms with Crippen molar-refractivity contribution in [2.75, 3.05) is 18.7 Å². The first-order chi connectivity index (χ1) is 18.1. The van der Waals surface area contributed by atoms with Crippen LogP contribution in [0, 0.1) is 12.7 Å². The van der Waals surface area contributed by atoms with Crippen LogP contribution in [0.15, 0.2) is 89.4 Å². The Balaban J connectivity index is 1.38. The molecule has 1 unspecified atom stereocenters. The number of aromatic nitrogens is 2. The van der Waals surface area contributed by atoms with E-state index in [2.05, 4.69) is 57.5 Å². The summed E-state index contributed by atoms with van der Waals surface area (Å²) in [5, 5.41) is 4.48. The van der Waals surface area contributed by atoms with E-state index in [0.717, 1.165) is 66.4 Å². The van der Waals surface area contributed by atoms with Crippen molar-refractivity contribution in [3.8, 4) is 11.4 Å². The Labute approximate surface area is 216 Å². The number of nitrogens with zero attached hydrogens (tertiary/aromatic N) is 5. The maximum absolute atomic E-state index is 13.8. The van der Waals surface area contributed by atoms with Crippen LogP contribution in [0.1, 0.15) is 36.9 Å². The van der Waals surface area contributed by atoms with E-state index in [-0.39, 0.29) is 12.0 Å². The fourth-order valence-electron chi connectivity index (χ4n) is 5.27. The lowest BCUT2D eigenvalue weighted by Gasteiger charge is -2.38. The maximum atomic E-state index is 13.8. The molecule has 1 atom stereocenters. The van der Waals surface area contributed by atoms with E-state index in [1.807, 2.05) is 29.8 Å². The number of allylic oxidation sites excluding steroid dienone is 2. The van der Waals surface area contributed by atoms with Gasteiger partial charge in [0.15, 0.2) is 6.17 Å². The average molecular weight is 496 g/mol. The number of fused-ring (bicyclic) bond motifs is 1. The van der Waals surface area contributed by atoms with E-state index in [1.54, 1.807) is 13.4 Å². The maximum Gasteiger partial charge on any atom is 0.167 e. The van der Waals surface area contributed by atoms with Gasteiger partial charge in [0.25, 0.3) is 0 Å². The highest BCUT2D eigenvalue weighted by Gasteiger charge is 2.38. The number of aliphatic imine (C=N–C) groups is 1. The molecular formula is C30H30FN5O. The number of ether oxygens (including phenoxy) is 1. The number of methoxy groups -OCH3 is 1. The summed E-state index contributed by atoms with van der Waals surface area (Å²) in [6, 6.07) is 13.0. The third kappa shape index (κ3) is 4.46. The van der Waals surface area contributed by atoms with Crippen LogP contribution in [0.25, 0.3) is 11.8 Å². The van der Waals surface area contributed by atoms with Gasteiger partial charge in [-0.2, -0.15) is 0 Å². The zero-order chi connectivity index (χ0) is 25.4. The third-order valence-corrected chi connectivity index (χ3v) is 7.03. The molecule has 3 aromatic rings. The number of aryl methyl sites for hydroxylation is 1. The third-order valence-electron chi connectivity index (χ3n) is 7.03.